The van der Waals surface area contributed by atoms with Crippen molar-refractivity contribution in [3.63, 3.8) is 0 Å². The van der Waals surface area contributed by atoms with E-state index in [9.17, 15) is 0 Å². The molecule has 1 aliphatic carbocycles. The van der Waals surface area contributed by atoms with Gasteiger partial charge in [-0.1, -0.05) is 45.5 Å². The highest BCUT2D eigenvalue weighted by atomic mass is 32.2. The van der Waals surface area contributed by atoms with Gasteiger partial charge in [0.25, 0.3) is 0 Å². The van der Waals surface area contributed by atoms with E-state index in [0.717, 1.165) is 27.6 Å². The van der Waals surface area contributed by atoms with Crippen molar-refractivity contribution >= 4 is 22.8 Å². The number of aromatic amines is 1. The van der Waals surface area contributed by atoms with Crippen molar-refractivity contribution in [3.05, 3.63) is 53.3 Å². The molecule has 0 saturated heterocycles. The second-order valence-corrected chi connectivity index (χ2v) is 9.30. The Balaban J connectivity index is 1.69. The molecular weight excluding hydrogens is 326 g/mol. The molecule has 2 heterocycles. The summed E-state index contributed by atoms with van der Waals surface area (Å²) in [5.41, 5.74) is 6.69. The summed E-state index contributed by atoms with van der Waals surface area (Å²) in [6.45, 7) is 9.44. The molecule has 1 N–H and O–H groups in total. The molecule has 0 unspecified atom stereocenters. The second-order valence-electron chi connectivity index (χ2n) is 8.33. The number of fused-ring (bicyclic) bond motifs is 2. The predicted molar refractivity (Wildman–Crippen MR) is 105 cm³/mol. The molecule has 0 saturated carbocycles. The fourth-order valence-corrected chi connectivity index (χ4v) is 4.54. The maximum atomic E-state index is 4.83. The van der Waals surface area contributed by atoms with Gasteiger partial charge in [-0.2, -0.15) is 0 Å². The van der Waals surface area contributed by atoms with E-state index >= 15 is 0 Å². The predicted octanol–water partition coefficient (Wildman–Crippen LogP) is 5.60. The van der Waals surface area contributed by atoms with Crippen LogP contribution in [0.2, 0.25) is 0 Å². The Morgan fingerprint density at radius 1 is 1.04 bits per heavy atom. The van der Waals surface area contributed by atoms with Crippen molar-refractivity contribution in [2.75, 3.05) is 0 Å². The number of imidazole rings is 1. The molecule has 0 radical (unpaired) electrons. The molecule has 0 amide bonds. The lowest BCUT2D eigenvalue weighted by atomic mass is 9.63. The van der Waals surface area contributed by atoms with Gasteiger partial charge in [-0.15, -0.1) is 0 Å². The number of nitrogens with zero attached hydrogens (tertiary/aromatic N) is 2. The van der Waals surface area contributed by atoms with Crippen LogP contribution in [0.15, 0.2) is 41.7 Å². The number of thioether (sulfide) groups is 1. The van der Waals surface area contributed by atoms with Gasteiger partial charge in [0, 0.05) is 11.9 Å². The van der Waals surface area contributed by atoms with Crippen LogP contribution in [0.1, 0.15) is 57.4 Å². The normalized spacial score (nSPS) is 18.2. The third-order valence-electron chi connectivity index (χ3n) is 5.52. The quantitative estimate of drug-likeness (QED) is 0.625. The standard InChI is InChI=1S/C21H25N3S/c1-20(2)8-9-21(3,4)16-12-18-17(11-15(16)20)23-19(24-18)25-13-14-7-5-6-10-22-14/h5-7,10-12H,8-9,13H2,1-4H3,(H,23,24). The molecule has 3 aromatic rings. The average molecular weight is 352 g/mol. The first-order valence-electron chi connectivity index (χ1n) is 8.93. The Kier molecular flexibility index (Phi) is 3.91. The lowest BCUT2D eigenvalue weighted by Gasteiger charge is -2.41. The second kappa shape index (κ2) is 5.87. The van der Waals surface area contributed by atoms with E-state index in [-0.39, 0.29) is 10.8 Å². The Morgan fingerprint density at radius 3 is 2.44 bits per heavy atom. The van der Waals surface area contributed by atoms with E-state index in [4.69, 9.17) is 4.98 Å². The molecule has 3 nitrogen and oxygen atoms in total. The van der Waals surface area contributed by atoms with Crippen LogP contribution in [-0.2, 0) is 16.6 Å². The van der Waals surface area contributed by atoms with E-state index in [1.165, 1.54) is 24.0 Å². The van der Waals surface area contributed by atoms with Gasteiger partial charge in [-0.05, 0) is 59.1 Å². The SMILES string of the molecule is CC1(C)CCC(C)(C)c2cc3[nH]c(SCc4ccccn4)nc3cc21. The summed E-state index contributed by atoms with van der Waals surface area (Å²) in [6.07, 6.45) is 4.30. The lowest BCUT2D eigenvalue weighted by Crippen LogP contribution is -2.33. The molecule has 0 atom stereocenters. The van der Waals surface area contributed by atoms with Gasteiger partial charge < -0.3 is 4.98 Å². The summed E-state index contributed by atoms with van der Waals surface area (Å²) in [5, 5.41) is 0.971. The van der Waals surface area contributed by atoms with Crippen LogP contribution in [0, 0.1) is 0 Å². The van der Waals surface area contributed by atoms with Crippen molar-refractivity contribution in [3.8, 4) is 0 Å². The maximum absolute atomic E-state index is 4.83. The number of rotatable bonds is 3. The highest BCUT2D eigenvalue weighted by Gasteiger charge is 2.37. The van der Waals surface area contributed by atoms with Crippen molar-refractivity contribution < 1.29 is 0 Å². The highest BCUT2D eigenvalue weighted by Crippen LogP contribution is 2.46. The van der Waals surface area contributed by atoms with Crippen LogP contribution >= 0.6 is 11.8 Å². The summed E-state index contributed by atoms with van der Waals surface area (Å²) >= 11 is 1.71. The van der Waals surface area contributed by atoms with Gasteiger partial charge in [-0.25, -0.2) is 4.98 Å². The number of aromatic nitrogens is 3. The summed E-state index contributed by atoms with van der Waals surface area (Å²) in [7, 11) is 0. The van der Waals surface area contributed by atoms with Gasteiger partial charge in [-0.3, -0.25) is 4.98 Å². The smallest absolute Gasteiger partial charge is 0.166 e. The van der Waals surface area contributed by atoms with Crippen molar-refractivity contribution in [1.82, 2.24) is 15.0 Å². The molecule has 0 bridgehead atoms. The molecular formula is C21H25N3S. The molecule has 4 rings (SSSR count). The summed E-state index contributed by atoms with van der Waals surface area (Å²) in [6, 6.07) is 10.7. The number of hydrogen-bond acceptors (Lipinski definition) is 3. The highest BCUT2D eigenvalue weighted by molar-refractivity contribution is 7.98. The number of benzene rings is 1. The minimum atomic E-state index is 0.221. The third-order valence-corrected chi connectivity index (χ3v) is 6.42. The minimum absolute atomic E-state index is 0.221. The van der Waals surface area contributed by atoms with E-state index in [1.54, 1.807) is 11.8 Å². The largest absolute Gasteiger partial charge is 0.333 e. The Hall–Kier alpha value is -1.81. The van der Waals surface area contributed by atoms with Crippen LogP contribution in [0.3, 0.4) is 0 Å². The molecule has 25 heavy (non-hydrogen) atoms. The summed E-state index contributed by atoms with van der Waals surface area (Å²) in [5.74, 6) is 0.831. The fourth-order valence-electron chi connectivity index (χ4n) is 3.74. The molecule has 4 heteroatoms. The van der Waals surface area contributed by atoms with Crippen LogP contribution < -0.4 is 0 Å². The van der Waals surface area contributed by atoms with E-state index < -0.39 is 0 Å². The molecule has 0 aliphatic heterocycles. The third kappa shape index (κ3) is 3.08. The Labute approximate surface area is 153 Å². The minimum Gasteiger partial charge on any atom is -0.333 e. The fraction of sp³-hybridized carbons (Fsp3) is 0.429. The van der Waals surface area contributed by atoms with E-state index in [2.05, 4.69) is 55.9 Å². The Morgan fingerprint density at radius 2 is 1.76 bits per heavy atom. The molecule has 2 aromatic heterocycles. The van der Waals surface area contributed by atoms with Crippen LogP contribution in [0.25, 0.3) is 11.0 Å². The van der Waals surface area contributed by atoms with Crippen LogP contribution in [0.5, 0.6) is 0 Å². The molecule has 1 aromatic carbocycles. The van der Waals surface area contributed by atoms with Gasteiger partial charge in [0.15, 0.2) is 5.16 Å². The lowest BCUT2D eigenvalue weighted by molar-refractivity contribution is 0.332. The zero-order valence-corrected chi connectivity index (χ0v) is 16.2. The number of pyridine rings is 1. The van der Waals surface area contributed by atoms with Crippen molar-refractivity contribution in [2.45, 2.75) is 62.3 Å². The first-order chi connectivity index (χ1) is 11.9. The van der Waals surface area contributed by atoms with Crippen LogP contribution in [0.4, 0.5) is 0 Å². The zero-order chi connectivity index (χ0) is 17.7. The van der Waals surface area contributed by atoms with Crippen molar-refractivity contribution in [2.24, 2.45) is 0 Å². The molecule has 130 valence electrons. The Bertz CT molecular complexity index is 857. The monoisotopic (exact) mass is 351 g/mol. The maximum Gasteiger partial charge on any atom is 0.166 e. The summed E-state index contributed by atoms with van der Waals surface area (Å²) < 4.78 is 0. The van der Waals surface area contributed by atoms with E-state index in [1.807, 2.05) is 18.3 Å². The number of nitrogens with one attached hydrogen (secondary N) is 1. The van der Waals surface area contributed by atoms with Gasteiger partial charge in [0.05, 0.1) is 16.7 Å². The van der Waals surface area contributed by atoms with Gasteiger partial charge >= 0.3 is 0 Å². The number of H-pyrrole nitrogens is 1. The van der Waals surface area contributed by atoms with Crippen molar-refractivity contribution in [1.29, 1.82) is 0 Å². The number of hydrogen-bond donors (Lipinski definition) is 1. The molecule has 0 fully saturated rings. The van der Waals surface area contributed by atoms with Crippen LogP contribution in [-0.4, -0.2) is 15.0 Å². The zero-order valence-electron chi connectivity index (χ0n) is 15.4. The van der Waals surface area contributed by atoms with E-state index in [0.29, 0.717) is 0 Å². The first-order valence-corrected chi connectivity index (χ1v) is 9.91. The first kappa shape index (κ1) is 16.6. The van der Waals surface area contributed by atoms with Gasteiger partial charge in [0.1, 0.15) is 0 Å². The topological polar surface area (TPSA) is 41.6 Å². The summed E-state index contributed by atoms with van der Waals surface area (Å²) in [4.78, 5) is 12.7. The molecule has 0 spiro atoms. The average Bonchev–Trinajstić information content (AvgIpc) is 2.99. The molecule has 1 aliphatic rings. The van der Waals surface area contributed by atoms with Gasteiger partial charge in [0.2, 0.25) is 0 Å².